The average molecular weight is 566 g/mol. The lowest BCUT2D eigenvalue weighted by Crippen LogP contribution is -2.31. The Bertz CT molecular complexity index is 893. The highest BCUT2D eigenvalue weighted by atomic mass is 32.2. The van der Waals surface area contributed by atoms with Gasteiger partial charge in [-0.3, -0.25) is 15.0 Å². The molecule has 39 heavy (non-hydrogen) atoms. The van der Waals surface area contributed by atoms with Crippen LogP contribution in [-0.2, 0) is 20.8 Å². The topological polar surface area (TPSA) is 226 Å². The Hall–Kier alpha value is -3.61. The SMILES string of the molecule is CC(C)C[C@H](N)C(=O)O.CSCC[C@H](N)C(=O)O.N=CN.O=C(O)[C@H](Cc1ccccc1)Nc1ccccc1. The molecule has 0 aliphatic rings. The van der Waals surface area contributed by atoms with Gasteiger partial charge in [0.1, 0.15) is 18.1 Å². The van der Waals surface area contributed by atoms with Crippen molar-refractivity contribution in [1.29, 1.82) is 5.41 Å². The third-order valence-electron chi connectivity index (χ3n) is 4.69. The maximum Gasteiger partial charge on any atom is 0.326 e. The van der Waals surface area contributed by atoms with Gasteiger partial charge in [-0.2, -0.15) is 11.8 Å². The highest BCUT2D eigenvalue weighted by molar-refractivity contribution is 7.98. The van der Waals surface area contributed by atoms with Crippen LogP contribution in [-0.4, -0.2) is 69.7 Å². The molecule has 0 aliphatic heterocycles. The molecule has 0 amide bonds. The summed E-state index contributed by atoms with van der Waals surface area (Å²) in [6.07, 6.45) is 4.24. The van der Waals surface area contributed by atoms with Gasteiger partial charge in [-0.05, 0) is 48.5 Å². The van der Waals surface area contributed by atoms with Crippen LogP contribution in [0.15, 0.2) is 60.7 Å². The van der Waals surface area contributed by atoms with E-state index in [4.69, 9.17) is 27.1 Å². The predicted octanol–water partition coefficient (Wildman–Crippen LogP) is 2.94. The minimum atomic E-state index is -0.913. The number of anilines is 1. The normalized spacial score (nSPS) is 11.9. The molecule has 0 heterocycles. The van der Waals surface area contributed by atoms with E-state index in [0.717, 1.165) is 23.3 Å². The van der Waals surface area contributed by atoms with E-state index in [9.17, 15) is 19.5 Å². The van der Waals surface area contributed by atoms with Gasteiger partial charge >= 0.3 is 17.9 Å². The van der Waals surface area contributed by atoms with E-state index < -0.39 is 36.0 Å². The van der Waals surface area contributed by atoms with Crippen LogP contribution in [0.4, 0.5) is 5.69 Å². The third kappa shape index (κ3) is 22.1. The van der Waals surface area contributed by atoms with Crippen LogP contribution in [0.2, 0.25) is 0 Å². The zero-order valence-electron chi connectivity index (χ0n) is 22.7. The Balaban J connectivity index is 0. The molecule has 0 aliphatic carbocycles. The Morgan fingerprint density at radius 1 is 0.897 bits per heavy atom. The number of carbonyl (C=O) groups is 3. The molecule has 12 heteroatoms. The number of benzene rings is 2. The van der Waals surface area contributed by atoms with Gasteiger partial charge in [-0.1, -0.05) is 62.4 Å². The van der Waals surface area contributed by atoms with Crippen molar-refractivity contribution in [3.63, 3.8) is 0 Å². The molecule has 0 radical (unpaired) electrons. The van der Waals surface area contributed by atoms with E-state index in [1.54, 1.807) is 11.8 Å². The quantitative estimate of drug-likeness (QED) is 0.138. The van der Waals surface area contributed by atoms with E-state index in [-0.39, 0.29) is 0 Å². The number of para-hydroxylation sites is 1. The van der Waals surface area contributed by atoms with Gasteiger partial charge in [0.25, 0.3) is 0 Å². The highest BCUT2D eigenvalue weighted by Crippen LogP contribution is 2.11. The van der Waals surface area contributed by atoms with Crippen LogP contribution < -0.4 is 22.5 Å². The number of carboxylic acid groups (broad SMARTS) is 3. The third-order valence-corrected chi connectivity index (χ3v) is 5.33. The molecule has 3 atom stereocenters. The molecule has 0 bridgehead atoms. The van der Waals surface area contributed by atoms with Gasteiger partial charge in [0.05, 0.1) is 6.34 Å². The lowest BCUT2D eigenvalue weighted by Gasteiger charge is -2.15. The molecular weight excluding hydrogens is 522 g/mol. The van der Waals surface area contributed by atoms with Crippen LogP contribution in [0, 0.1) is 11.3 Å². The molecule has 0 spiro atoms. The van der Waals surface area contributed by atoms with Crippen molar-refractivity contribution in [2.45, 2.75) is 51.2 Å². The standard InChI is InChI=1S/C15H15NO2.C6H13NO2.C5H11NO2S.CH4N2/c17-15(18)14(11-12-7-3-1-4-8-12)16-13-9-5-2-6-10-13;1-4(2)3-5(7)6(8)9;1-9-3-2-4(6)5(7)8;2-1-3/h1-10,14,16H,11H2,(H,17,18);4-5H,3,7H2,1-2H3,(H,8,9);4H,2-3,6H2,1H3,(H,7,8);1H,(H3,2,3)/t14-;5-;4-;/m000./s1. The summed E-state index contributed by atoms with van der Waals surface area (Å²) in [5.41, 5.74) is 16.6. The number of carboxylic acids is 3. The van der Waals surface area contributed by atoms with Crippen LogP contribution in [0.5, 0.6) is 0 Å². The first-order chi connectivity index (χ1) is 18.4. The van der Waals surface area contributed by atoms with Gasteiger partial charge in [-0.15, -0.1) is 0 Å². The van der Waals surface area contributed by atoms with E-state index in [2.05, 4.69) is 11.1 Å². The number of hydrogen-bond acceptors (Lipinski definition) is 8. The summed E-state index contributed by atoms with van der Waals surface area (Å²) in [5, 5.41) is 34.7. The molecule has 0 fully saturated rings. The second-order valence-electron chi connectivity index (χ2n) is 8.56. The maximum absolute atomic E-state index is 11.2. The Morgan fingerprint density at radius 2 is 1.36 bits per heavy atom. The number of thioether (sulfide) groups is 1. The zero-order chi connectivity index (χ0) is 30.2. The Kier molecular flexibility index (Phi) is 22.6. The number of hydrogen-bond donors (Lipinski definition) is 8. The molecule has 0 aromatic heterocycles. The van der Waals surface area contributed by atoms with Crippen molar-refractivity contribution in [2.75, 3.05) is 17.3 Å². The summed E-state index contributed by atoms with van der Waals surface area (Å²) in [4.78, 5) is 31.4. The number of aliphatic carboxylic acids is 3. The molecule has 0 saturated carbocycles. The predicted molar refractivity (Wildman–Crippen MR) is 158 cm³/mol. The lowest BCUT2D eigenvalue weighted by atomic mass is 10.1. The highest BCUT2D eigenvalue weighted by Gasteiger charge is 2.17. The second kappa shape index (κ2) is 23.5. The van der Waals surface area contributed by atoms with E-state index in [1.165, 1.54) is 0 Å². The van der Waals surface area contributed by atoms with E-state index in [0.29, 0.717) is 25.2 Å². The average Bonchev–Trinajstić information content (AvgIpc) is 2.88. The molecule has 11 nitrogen and oxygen atoms in total. The first kappa shape index (κ1) is 37.5. The van der Waals surface area contributed by atoms with Crippen LogP contribution in [0.1, 0.15) is 32.3 Å². The van der Waals surface area contributed by atoms with Crippen molar-refractivity contribution in [3.8, 4) is 0 Å². The first-order valence-corrected chi connectivity index (χ1v) is 13.5. The molecule has 2 rings (SSSR count). The fourth-order valence-electron chi connectivity index (χ4n) is 2.76. The number of nitrogens with two attached hydrogens (primary N) is 3. The van der Waals surface area contributed by atoms with Crippen molar-refractivity contribution in [1.82, 2.24) is 0 Å². The van der Waals surface area contributed by atoms with Crippen molar-refractivity contribution >= 4 is 41.7 Å². The fraction of sp³-hybridized carbons (Fsp3) is 0.407. The summed E-state index contributed by atoms with van der Waals surface area (Å²) >= 11 is 1.60. The van der Waals surface area contributed by atoms with Gasteiger partial charge < -0.3 is 37.8 Å². The molecule has 0 saturated heterocycles. The first-order valence-electron chi connectivity index (χ1n) is 12.1. The van der Waals surface area contributed by atoms with Crippen molar-refractivity contribution in [3.05, 3.63) is 66.2 Å². The smallest absolute Gasteiger partial charge is 0.326 e. The molecule has 2 aromatic carbocycles. The minimum Gasteiger partial charge on any atom is -0.480 e. The van der Waals surface area contributed by atoms with Crippen molar-refractivity contribution < 1.29 is 29.7 Å². The Morgan fingerprint density at radius 3 is 1.72 bits per heavy atom. The maximum atomic E-state index is 11.2. The summed E-state index contributed by atoms with van der Waals surface area (Å²) in [6.45, 7) is 3.89. The van der Waals surface area contributed by atoms with Crippen LogP contribution >= 0.6 is 11.8 Å². The molecule has 11 N–H and O–H groups in total. The lowest BCUT2D eigenvalue weighted by molar-refractivity contribution is -0.139. The number of rotatable bonds is 12. The minimum absolute atomic E-state index is 0.357. The largest absolute Gasteiger partial charge is 0.480 e. The molecule has 0 unspecified atom stereocenters. The summed E-state index contributed by atoms with van der Waals surface area (Å²) in [5.74, 6) is -1.50. The molecule has 2 aromatic rings. The van der Waals surface area contributed by atoms with Gasteiger partial charge in [0, 0.05) is 12.1 Å². The van der Waals surface area contributed by atoms with Crippen molar-refractivity contribution in [2.24, 2.45) is 23.1 Å². The fourth-order valence-corrected chi connectivity index (χ4v) is 3.25. The molecule has 218 valence electrons. The van der Waals surface area contributed by atoms with Crippen LogP contribution in [0.3, 0.4) is 0 Å². The van der Waals surface area contributed by atoms with E-state index in [1.807, 2.05) is 80.8 Å². The van der Waals surface area contributed by atoms with Gasteiger partial charge in [0.2, 0.25) is 0 Å². The Labute approximate surface area is 234 Å². The summed E-state index contributed by atoms with van der Waals surface area (Å²) in [7, 11) is 0. The van der Waals surface area contributed by atoms with Crippen LogP contribution in [0.25, 0.3) is 0 Å². The van der Waals surface area contributed by atoms with E-state index >= 15 is 0 Å². The van der Waals surface area contributed by atoms with Gasteiger partial charge in [0.15, 0.2) is 0 Å². The zero-order valence-corrected chi connectivity index (χ0v) is 23.5. The summed E-state index contributed by atoms with van der Waals surface area (Å²) < 4.78 is 0. The van der Waals surface area contributed by atoms with Gasteiger partial charge in [-0.25, -0.2) is 4.79 Å². The monoisotopic (exact) mass is 565 g/mol. The molecular formula is C27H43N5O6S. The second-order valence-corrected chi connectivity index (χ2v) is 9.54. The summed E-state index contributed by atoms with van der Waals surface area (Å²) in [6, 6.07) is 17.0. The number of nitrogens with one attached hydrogen (secondary N) is 2.